The first kappa shape index (κ1) is 19.5. The van der Waals surface area contributed by atoms with E-state index in [9.17, 15) is 19.5 Å². The highest BCUT2D eigenvalue weighted by molar-refractivity contribution is 5.99. The van der Waals surface area contributed by atoms with E-state index in [1.165, 1.54) is 32.0 Å². The monoisotopic (exact) mass is 410 g/mol. The van der Waals surface area contributed by atoms with Crippen LogP contribution in [0.4, 0.5) is 0 Å². The average Bonchev–Trinajstić information content (AvgIpc) is 2.62. The molecule has 8 heteroatoms. The number of aromatic hydroxyl groups is 1. The van der Waals surface area contributed by atoms with E-state index in [-0.39, 0.29) is 39.2 Å². The van der Waals surface area contributed by atoms with Crippen LogP contribution in [0, 0.1) is 0 Å². The maximum absolute atomic E-state index is 13.2. The van der Waals surface area contributed by atoms with Crippen LogP contribution in [0.2, 0.25) is 0 Å². The Morgan fingerprint density at radius 2 is 1.80 bits per heavy atom. The van der Waals surface area contributed by atoms with E-state index in [1.807, 2.05) is 13.8 Å². The number of phenols is 1. The number of ether oxygens (including phenoxy) is 3. The third kappa shape index (κ3) is 3.16. The van der Waals surface area contributed by atoms with E-state index < -0.39 is 23.0 Å². The molecule has 1 aromatic heterocycles. The Morgan fingerprint density at radius 1 is 1.10 bits per heavy atom. The molecule has 0 saturated heterocycles. The second kappa shape index (κ2) is 6.62. The number of benzene rings is 2. The highest BCUT2D eigenvalue weighted by atomic mass is 16.6. The Balaban J connectivity index is 2.09. The zero-order valence-electron chi connectivity index (χ0n) is 16.7. The maximum Gasteiger partial charge on any atom is 0.308 e. The molecule has 1 aliphatic heterocycles. The minimum atomic E-state index is -0.692. The van der Waals surface area contributed by atoms with Crippen molar-refractivity contribution in [3.05, 3.63) is 40.1 Å². The van der Waals surface area contributed by atoms with E-state index >= 15 is 0 Å². The predicted molar refractivity (Wildman–Crippen MR) is 108 cm³/mol. The SMILES string of the molecule is CC(=O)Oc1ccc2c(=O)c3c(O)c4c(cc3oc2c1OC(C)=O)OC(C)(C)C=C4. The second-order valence-electron chi connectivity index (χ2n) is 7.44. The van der Waals surface area contributed by atoms with Gasteiger partial charge in [0.2, 0.25) is 11.2 Å². The van der Waals surface area contributed by atoms with Crippen LogP contribution in [0.25, 0.3) is 28.0 Å². The third-order valence-corrected chi connectivity index (χ3v) is 4.55. The third-order valence-electron chi connectivity index (χ3n) is 4.55. The average molecular weight is 410 g/mol. The highest BCUT2D eigenvalue weighted by Crippen LogP contribution is 2.43. The van der Waals surface area contributed by atoms with Crippen LogP contribution in [-0.2, 0) is 9.59 Å². The van der Waals surface area contributed by atoms with Crippen molar-refractivity contribution in [3.8, 4) is 23.0 Å². The molecule has 0 bridgehead atoms. The van der Waals surface area contributed by atoms with Crippen LogP contribution >= 0.6 is 0 Å². The molecule has 0 aliphatic carbocycles. The molecule has 0 spiro atoms. The summed E-state index contributed by atoms with van der Waals surface area (Å²) >= 11 is 0. The van der Waals surface area contributed by atoms with Crippen molar-refractivity contribution in [3.63, 3.8) is 0 Å². The van der Waals surface area contributed by atoms with Crippen molar-refractivity contribution in [2.75, 3.05) is 0 Å². The van der Waals surface area contributed by atoms with E-state index in [1.54, 1.807) is 12.2 Å². The molecular formula is C22H18O8. The predicted octanol–water partition coefficient (Wildman–Crippen LogP) is 3.69. The number of fused-ring (bicyclic) bond motifs is 3. The first-order valence-corrected chi connectivity index (χ1v) is 9.12. The summed E-state index contributed by atoms with van der Waals surface area (Å²) in [6.45, 7) is 6.04. The molecule has 2 heterocycles. The Morgan fingerprint density at radius 3 is 2.47 bits per heavy atom. The largest absolute Gasteiger partial charge is 0.506 e. The molecule has 1 N–H and O–H groups in total. The summed E-state index contributed by atoms with van der Waals surface area (Å²) in [5.41, 5.74) is -0.845. The zero-order valence-corrected chi connectivity index (χ0v) is 16.7. The molecule has 3 aromatic rings. The Kier molecular flexibility index (Phi) is 4.30. The molecule has 4 rings (SSSR count). The summed E-state index contributed by atoms with van der Waals surface area (Å²) in [6, 6.07) is 4.19. The molecule has 0 amide bonds. The number of hydrogen-bond acceptors (Lipinski definition) is 8. The lowest BCUT2D eigenvalue weighted by atomic mass is 9.99. The second-order valence-corrected chi connectivity index (χ2v) is 7.44. The van der Waals surface area contributed by atoms with E-state index in [4.69, 9.17) is 18.6 Å². The molecule has 0 radical (unpaired) electrons. The smallest absolute Gasteiger partial charge is 0.308 e. The molecule has 1 aliphatic rings. The van der Waals surface area contributed by atoms with Gasteiger partial charge in [0.25, 0.3) is 0 Å². The molecule has 30 heavy (non-hydrogen) atoms. The van der Waals surface area contributed by atoms with Crippen LogP contribution in [0.15, 0.2) is 33.5 Å². The van der Waals surface area contributed by atoms with Gasteiger partial charge in [-0.25, -0.2) is 0 Å². The summed E-state index contributed by atoms with van der Waals surface area (Å²) in [6.07, 6.45) is 3.46. The fourth-order valence-corrected chi connectivity index (χ4v) is 3.33. The molecular weight excluding hydrogens is 392 g/mol. The molecule has 8 nitrogen and oxygen atoms in total. The van der Waals surface area contributed by atoms with Crippen molar-refractivity contribution in [2.24, 2.45) is 0 Å². The summed E-state index contributed by atoms with van der Waals surface area (Å²) in [5, 5.41) is 10.8. The van der Waals surface area contributed by atoms with Crippen LogP contribution in [0.3, 0.4) is 0 Å². The van der Waals surface area contributed by atoms with Gasteiger partial charge in [0.15, 0.2) is 11.3 Å². The van der Waals surface area contributed by atoms with Gasteiger partial charge in [-0.3, -0.25) is 14.4 Å². The fraction of sp³-hybridized carbons (Fsp3) is 0.227. The Labute approximate surface area is 170 Å². The van der Waals surface area contributed by atoms with E-state index in [0.29, 0.717) is 11.3 Å². The number of carbonyl (C=O) groups is 2. The normalized spacial score (nSPS) is 14.3. The quantitative estimate of drug-likeness (QED) is 0.387. The Hall–Kier alpha value is -3.81. The summed E-state index contributed by atoms with van der Waals surface area (Å²) < 4.78 is 22.0. The van der Waals surface area contributed by atoms with E-state index in [2.05, 4.69) is 0 Å². The van der Waals surface area contributed by atoms with Gasteiger partial charge in [-0.05, 0) is 38.1 Å². The van der Waals surface area contributed by atoms with Gasteiger partial charge in [-0.1, -0.05) is 0 Å². The van der Waals surface area contributed by atoms with Crippen LogP contribution in [-0.4, -0.2) is 22.6 Å². The minimum absolute atomic E-state index is 0.0308. The van der Waals surface area contributed by atoms with Gasteiger partial charge < -0.3 is 23.7 Å². The number of rotatable bonds is 2. The number of hydrogen-bond donors (Lipinski definition) is 1. The number of esters is 2. The van der Waals surface area contributed by atoms with Gasteiger partial charge in [-0.15, -0.1) is 0 Å². The molecule has 2 aromatic carbocycles. The molecule has 0 fully saturated rings. The first-order chi connectivity index (χ1) is 14.1. The zero-order chi connectivity index (χ0) is 21.8. The lowest BCUT2D eigenvalue weighted by molar-refractivity contribution is -0.134. The van der Waals surface area contributed by atoms with Gasteiger partial charge in [0, 0.05) is 19.9 Å². The van der Waals surface area contributed by atoms with Crippen LogP contribution in [0.1, 0.15) is 33.3 Å². The van der Waals surface area contributed by atoms with E-state index in [0.717, 1.165) is 0 Å². The lowest BCUT2D eigenvalue weighted by Crippen LogP contribution is -2.27. The number of carbonyl (C=O) groups excluding carboxylic acids is 2. The molecule has 0 saturated carbocycles. The van der Waals surface area contributed by atoms with Crippen LogP contribution < -0.4 is 19.6 Å². The van der Waals surface area contributed by atoms with Crippen molar-refractivity contribution in [1.29, 1.82) is 0 Å². The van der Waals surface area contributed by atoms with Crippen molar-refractivity contribution >= 4 is 40.0 Å². The van der Waals surface area contributed by atoms with Crippen LogP contribution in [0.5, 0.6) is 23.0 Å². The molecule has 154 valence electrons. The summed E-state index contributed by atoms with van der Waals surface area (Å²) in [5.74, 6) is -1.55. The van der Waals surface area contributed by atoms with Gasteiger partial charge >= 0.3 is 11.9 Å². The number of phenolic OH excluding ortho intramolecular Hbond substituents is 1. The van der Waals surface area contributed by atoms with Crippen molar-refractivity contribution in [2.45, 2.75) is 33.3 Å². The highest BCUT2D eigenvalue weighted by Gasteiger charge is 2.28. The van der Waals surface area contributed by atoms with Gasteiger partial charge in [0.05, 0.1) is 10.9 Å². The molecule has 0 unspecified atom stereocenters. The Bertz CT molecular complexity index is 1330. The van der Waals surface area contributed by atoms with Crippen molar-refractivity contribution in [1.82, 2.24) is 0 Å². The minimum Gasteiger partial charge on any atom is -0.506 e. The topological polar surface area (TPSA) is 112 Å². The van der Waals surface area contributed by atoms with Crippen molar-refractivity contribution < 1.29 is 33.3 Å². The fourth-order valence-electron chi connectivity index (χ4n) is 3.33. The van der Waals surface area contributed by atoms with Gasteiger partial charge in [-0.2, -0.15) is 0 Å². The lowest BCUT2D eigenvalue weighted by Gasteiger charge is -2.28. The van der Waals surface area contributed by atoms with Gasteiger partial charge in [0.1, 0.15) is 28.1 Å². The molecule has 0 atom stereocenters. The summed E-state index contributed by atoms with van der Waals surface area (Å²) in [7, 11) is 0. The maximum atomic E-state index is 13.2. The summed E-state index contributed by atoms with van der Waals surface area (Å²) in [4.78, 5) is 36.2. The first-order valence-electron chi connectivity index (χ1n) is 9.12. The standard InChI is InChI=1S/C22H18O8/c1-10(23)27-14-6-5-13-19(26)17-16(29-20(13)21(14)28-11(2)24)9-15-12(18(17)25)7-8-22(3,4)30-15/h5-9,25H,1-4H3.